The summed E-state index contributed by atoms with van der Waals surface area (Å²) in [4.78, 5) is 49.7. The Hall–Kier alpha value is -4.20. The van der Waals surface area contributed by atoms with Gasteiger partial charge in [-0.3, -0.25) is 25.0 Å². The number of rotatable bonds is 6. The number of halogens is 2. The number of benzene rings is 2. The van der Waals surface area contributed by atoms with E-state index >= 15 is 0 Å². The molecule has 0 radical (unpaired) electrons. The minimum atomic E-state index is -0.791. The molecule has 4 aromatic rings. The molecular weight excluding hydrogens is 559 g/mol. The van der Waals surface area contributed by atoms with E-state index in [0.29, 0.717) is 21.3 Å². The van der Waals surface area contributed by atoms with Crippen molar-refractivity contribution in [3.05, 3.63) is 94.9 Å². The molecule has 194 valence electrons. The molecule has 4 N–H and O–H groups in total. The minimum absolute atomic E-state index is 0.128. The maximum Gasteiger partial charge on any atom is 0.319 e. The van der Waals surface area contributed by atoms with E-state index in [1.165, 1.54) is 11.3 Å². The highest BCUT2D eigenvalue weighted by Crippen LogP contribution is 2.39. The molecular formula is C23H16Cl2N6O6S. The third-order valence-corrected chi connectivity index (χ3v) is 7.97. The topological polar surface area (TPSA) is 172 Å². The molecule has 0 saturated carbocycles. The van der Waals surface area contributed by atoms with E-state index in [4.69, 9.17) is 23.2 Å². The quantitative estimate of drug-likeness (QED) is 0.173. The number of aromatic amines is 1. The first-order valence-corrected chi connectivity index (χ1v) is 12.5. The highest BCUT2D eigenvalue weighted by atomic mass is 35.5. The minimum Gasteiger partial charge on any atom is -0.349 e. The van der Waals surface area contributed by atoms with Crippen LogP contribution in [0.4, 0.5) is 21.9 Å². The van der Waals surface area contributed by atoms with Gasteiger partial charge in [-0.2, -0.15) is 0 Å². The predicted molar refractivity (Wildman–Crippen MR) is 142 cm³/mol. The zero-order valence-electron chi connectivity index (χ0n) is 19.0. The first-order chi connectivity index (χ1) is 18.1. The van der Waals surface area contributed by atoms with Crippen LogP contribution in [0.15, 0.2) is 48.5 Å². The molecule has 38 heavy (non-hydrogen) atoms. The molecule has 2 aromatic carbocycles. The van der Waals surface area contributed by atoms with Crippen molar-refractivity contribution >= 4 is 73.8 Å². The number of amides is 3. The lowest BCUT2D eigenvalue weighted by atomic mass is 10.1. The second-order valence-corrected chi connectivity index (χ2v) is 10.5. The number of nitro groups is 2. The Morgan fingerprint density at radius 1 is 1.00 bits per heavy atom. The SMILES string of the molecule is O=C(Nc1cc([N+](=O)[O-])cc([N+](=O)[O-])c1)N[C@H]1c2ccccc2C[C@@H]1NC(=O)c1cc2sc(Cl)c(Cl)c2[nH]1. The predicted octanol–water partition coefficient (Wildman–Crippen LogP) is 5.57. The largest absolute Gasteiger partial charge is 0.349 e. The molecule has 0 unspecified atom stereocenters. The van der Waals surface area contributed by atoms with Gasteiger partial charge >= 0.3 is 6.03 Å². The fraction of sp³-hybridized carbons (Fsp3) is 0.130. The van der Waals surface area contributed by atoms with Crippen LogP contribution in [0.25, 0.3) is 10.2 Å². The van der Waals surface area contributed by atoms with E-state index in [2.05, 4.69) is 20.9 Å². The Labute approximate surface area is 227 Å². The number of anilines is 1. The summed E-state index contributed by atoms with van der Waals surface area (Å²) in [6.45, 7) is 0. The second-order valence-electron chi connectivity index (χ2n) is 8.42. The van der Waals surface area contributed by atoms with Gasteiger partial charge in [0.25, 0.3) is 17.3 Å². The van der Waals surface area contributed by atoms with Crippen molar-refractivity contribution in [1.29, 1.82) is 0 Å². The molecule has 0 spiro atoms. The fourth-order valence-electron chi connectivity index (χ4n) is 4.38. The van der Waals surface area contributed by atoms with Crippen molar-refractivity contribution in [3.63, 3.8) is 0 Å². The summed E-state index contributed by atoms with van der Waals surface area (Å²) in [7, 11) is 0. The lowest BCUT2D eigenvalue weighted by Gasteiger charge is -2.23. The average Bonchev–Trinajstić information content (AvgIpc) is 3.52. The molecule has 2 aromatic heterocycles. The zero-order valence-corrected chi connectivity index (χ0v) is 21.3. The van der Waals surface area contributed by atoms with Crippen LogP contribution in [-0.2, 0) is 6.42 Å². The van der Waals surface area contributed by atoms with E-state index in [1.807, 2.05) is 18.2 Å². The first-order valence-electron chi connectivity index (χ1n) is 11.0. The lowest BCUT2D eigenvalue weighted by molar-refractivity contribution is -0.394. The molecule has 0 aliphatic heterocycles. The number of fused-ring (bicyclic) bond motifs is 2. The summed E-state index contributed by atoms with van der Waals surface area (Å²) in [5, 5.41) is 30.8. The Balaban J connectivity index is 1.36. The highest BCUT2D eigenvalue weighted by Gasteiger charge is 2.35. The van der Waals surface area contributed by atoms with Crippen LogP contribution >= 0.6 is 34.5 Å². The van der Waals surface area contributed by atoms with Gasteiger partial charge in [0.2, 0.25) is 0 Å². The molecule has 12 nitrogen and oxygen atoms in total. The fourth-order valence-corrected chi connectivity index (χ4v) is 5.86. The number of carbonyl (C=O) groups excluding carboxylic acids is 2. The van der Waals surface area contributed by atoms with Crippen LogP contribution in [0.1, 0.15) is 27.7 Å². The third-order valence-electron chi connectivity index (χ3n) is 6.04. The number of urea groups is 1. The molecule has 15 heteroatoms. The number of thiophene rings is 1. The van der Waals surface area contributed by atoms with Gasteiger partial charge in [-0.25, -0.2) is 4.79 Å². The molecule has 0 bridgehead atoms. The van der Waals surface area contributed by atoms with Gasteiger partial charge in [-0.05, 0) is 23.6 Å². The number of hydrogen-bond acceptors (Lipinski definition) is 7. The van der Waals surface area contributed by atoms with Crippen molar-refractivity contribution < 1.29 is 19.4 Å². The van der Waals surface area contributed by atoms with Crippen LogP contribution in [0.3, 0.4) is 0 Å². The van der Waals surface area contributed by atoms with Crippen molar-refractivity contribution in [2.45, 2.75) is 18.5 Å². The number of H-pyrrole nitrogens is 1. The van der Waals surface area contributed by atoms with Crippen LogP contribution in [0, 0.1) is 20.2 Å². The Morgan fingerprint density at radius 2 is 1.68 bits per heavy atom. The maximum absolute atomic E-state index is 13.1. The number of nitrogens with one attached hydrogen (secondary N) is 4. The molecule has 5 rings (SSSR count). The molecule has 2 atom stereocenters. The number of carbonyl (C=O) groups is 2. The smallest absolute Gasteiger partial charge is 0.319 e. The van der Waals surface area contributed by atoms with Crippen LogP contribution in [0.5, 0.6) is 0 Å². The van der Waals surface area contributed by atoms with Gasteiger partial charge in [0.15, 0.2) is 0 Å². The van der Waals surface area contributed by atoms with Gasteiger partial charge < -0.3 is 20.9 Å². The normalized spacial score (nSPS) is 16.2. The molecule has 2 heterocycles. The van der Waals surface area contributed by atoms with Crippen molar-refractivity contribution in [1.82, 2.24) is 15.6 Å². The second kappa shape index (κ2) is 9.93. The Kier molecular flexibility index (Phi) is 6.65. The van der Waals surface area contributed by atoms with Gasteiger partial charge in [0.05, 0.1) is 48.9 Å². The monoisotopic (exact) mass is 574 g/mol. The number of nitrogens with zero attached hydrogens (tertiary/aromatic N) is 2. The maximum atomic E-state index is 13.1. The Bertz CT molecular complexity index is 1600. The van der Waals surface area contributed by atoms with Gasteiger partial charge in [0.1, 0.15) is 10.0 Å². The van der Waals surface area contributed by atoms with Crippen molar-refractivity contribution in [3.8, 4) is 0 Å². The van der Waals surface area contributed by atoms with E-state index < -0.39 is 45.2 Å². The molecule has 1 aliphatic rings. The summed E-state index contributed by atoms with van der Waals surface area (Å²) in [6.07, 6.45) is 0.427. The first kappa shape index (κ1) is 25.4. The van der Waals surface area contributed by atoms with Crippen molar-refractivity contribution in [2.24, 2.45) is 0 Å². The van der Waals surface area contributed by atoms with E-state index in [1.54, 1.807) is 12.1 Å². The van der Waals surface area contributed by atoms with Gasteiger partial charge in [-0.15, -0.1) is 11.3 Å². The standard InChI is InChI=1S/C23H16Cl2N6O6S/c24-18-20-17(38-21(18)25)9-16(27-20)22(32)28-15-5-10-3-1-2-4-14(10)19(15)29-23(33)26-11-6-12(30(34)35)8-13(7-11)31(36)37/h1-4,6-9,15,19,27H,5H2,(H,28,32)(H2,26,29,33)/t15-,19-/m0/s1. The van der Waals surface area contributed by atoms with E-state index in [9.17, 15) is 29.8 Å². The highest BCUT2D eigenvalue weighted by molar-refractivity contribution is 7.23. The summed E-state index contributed by atoms with van der Waals surface area (Å²) in [5.74, 6) is -0.417. The van der Waals surface area contributed by atoms with E-state index in [-0.39, 0.29) is 11.4 Å². The van der Waals surface area contributed by atoms with Crippen LogP contribution < -0.4 is 16.0 Å². The zero-order chi connectivity index (χ0) is 27.1. The number of hydrogen-bond donors (Lipinski definition) is 4. The summed E-state index contributed by atoms with van der Waals surface area (Å²) < 4.78 is 1.13. The number of non-ortho nitro benzene ring substituents is 2. The Morgan fingerprint density at radius 3 is 2.34 bits per heavy atom. The molecule has 0 fully saturated rings. The van der Waals surface area contributed by atoms with Crippen LogP contribution in [0.2, 0.25) is 9.36 Å². The molecule has 0 saturated heterocycles. The summed E-state index contributed by atoms with van der Waals surface area (Å²) in [5.41, 5.74) is 1.31. The van der Waals surface area contributed by atoms with Gasteiger partial charge in [-0.1, -0.05) is 47.5 Å². The number of aromatic nitrogens is 1. The summed E-state index contributed by atoms with van der Waals surface area (Å²) in [6, 6.07) is 9.85. The lowest BCUT2D eigenvalue weighted by Crippen LogP contribution is -2.45. The molecule has 3 amide bonds. The average molecular weight is 575 g/mol. The molecule has 1 aliphatic carbocycles. The van der Waals surface area contributed by atoms with Gasteiger partial charge in [0, 0.05) is 12.1 Å². The van der Waals surface area contributed by atoms with Crippen LogP contribution in [-0.4, -0.2) is 32.8 Å². The number of nitro benzene ring substituents is 2. The third kappa shape index (κ3) is 4.86. The summed E-state index contributed by atoms with van der Waals surface area (Å²) >= 11 is 13.5. The van der Waals surface area contributed by atoms with E-state index in [0.717, 1.165) is 34.0 Å². The van der Waals surface area contributed by atoms with Crippen molar-refractivity contribution in [2.75, 3.05) is 5.32 Å².